The van der Waals surface area contributed by atoms with E-state index in [-0.39, 0.29) is 11.1 Å². The van der Waals surface area contributed by atoms with Gasteiger partial charge in [-0.3, -0.25) is 0 Å². The summed E-state index contributed by atoms with van der Waals surface area (Å²) in [5.41, 5.74) is -0.469. The summed E-state index contributed by atoms with van der Waals surface area (Å²) in [7, 11) is 0. The van der Waals surface area contributed by atoms with Gasteiger partial charge in [0.05, 0.1) is 5.57 Å². The van der Waals surface area contributed by atoms with Crippen LogP contribution in [-0.4, -0.2) is 22.6 Å². The zero-order valence-corrected chi connectivity index (χ0v) is 9.16. The van der Waals surface area contributed by atoms with E-state index in [1.54, 1.807) is 6.08 Å². The molecule has 1 fully saturated rings. The minimum Gasteiger partial charge on any atom is -0.478 e. The first-order valence-corrected chi connectivity index (χ1v) is 4.88. The third kappa shape index (κ3) is 2.82. The molecular weight excluding hydrogens is 208 g/mol. The summed E-state index contributed by atoms with van der Waals surface area (Å²) in [5, 5.41) is 8.63. The van der Waals surface area contributed by atoms with Gasteiger partial charge < -0.3 is 9.84 Å². The number of ether oxygens (including phenoxy) is 1. The Morgan fingerprint density at radius 1 is 1.44 bits per heavy atom. The lowest BCUT2D eigenvalue weighted by Crippen LogP contribution is -2.17. The number of carbonyl (C=O) groups is 2. The molecule has 0 heterocycles. The maximum atomic E-state index is 11.5. The maximum absolute atomic E-state index is 11.5. The van der Waals surface area contributed by atoms with E-state index in [0.29, 0.717) is 0 Å². The van der Waals surface area contributed by atoms with Gasteiger partial charge in [-0.05, 0) is 31.9 Å². The lowest BCUT2D eigenvalue weighted by Gasteiger charge is -2.11. The van der Waals surface area contributed by atoms with Crippen LogP contribution in [0.2, 0.25) is 0 Å². The molecule has 0 aromatic carbocycles. The molecule has 1 N–H and O–H groups in total. The quantitative estimate of drug-likeness (QED) is 0.333. The monoisotopic (exact) mass is 222 g/mol. The van der Waals surface area contributed by atoms with E-state index < -0.39 is 17.5 Å². The second-order valence-corrected chi connectivity index (χ2v) is 3.82. The van der Waals surface area contributed by atoms with Crippen molar-refractivity contribution in [1.82, 2.24) is 0 Å². The Labute approximate surface area is 93.9 Å². The molecule has 0 aliphatic heterocycles. The van der Waals surface area contributed by atoms with Gasteiger partial charge in [-0.15, -0.1) is 0 Å². The fraction of sp³-hybridized carbons (Fsp3) is 0.333. The molecule has 16 heavy (non-hydrogen) atoms. The summed E-state index contributed by atoms with van der Waals surface area (Å²) in [4.78, 5) is 22.0. The molecule has 1 aliphatic rings. The van der Waals surface area contributed by atoms with Crippen molar-refractivity contribution in [2.45, 2.75) is 25.4 Å². The van der Waals surface area contributed by atoms with Crippen LogP contribution in [0, 0.1) is 0 Å². The van der Waals surface area contributed by atoms with Crippen molar-refractivity contribution in [3.63, 3.8) is 0 Å². The van der Waals surface area contributed by atoms with E-state index >= 15 is 0 Å². The number of hydrogen-bond donors (Lipinski definition) is 1. The first-order valence-electron chi connectivity index (χ1n) is 4.88. The lowest BCUT2D eigenvalue weighted by molar-refractivity contribution is -0.143. The van der Waals surface area contributed by atoms with Gasteiger partial charge in [0.2, 0.25) is 0 Å². The molecule has 0 bridgehead atoms. The van der Waals surface area contributed by atoms with E-state index in [1.807, 2.05) is 0 Å². The summed E-state index contributed by atoms with van der Waals surface area (Å²) in [6.45, 7) is 8.44. The molecule has 1 saturated carbocycles. The second kappa shape index (κ2) is 4.35. The van der Waals surface area contributed by atoms with Crippen LogP contribution in [0.5, 0.6) is 0 Å². The van der Waals surface area contributed by atoms with Crippen molar-refractivity contribution in [2.75, 3.05) is 0 Å². The Balaban J connectivity index is 2.62. The van der Waals surface area contributed by atoms with Crippen LogP contribution in [0.1, 0.15) is 19.8 Å². The topological polar surface area (TPSA) is 63.6 Å². The van der Waals surface area contributed by atoms with Crippen LogP contribution in [0.4, 0.5) is 0 Å². The van der Waals surface area contributed by atoms with Crippen molar-refractivity contribution in [3.05, 3.63) is 36.5 Å². The molecule has 4 nitrogen and oxygen atoms in total. The highest BCUT2D eigenvalue weighted by Gasteiger charge is 2.44. The number of carboxylic acid groups (broad SMARTS) is 1. The average Bonchev–Trinajstić information content (AvgIpc) is 2.98. The molecule has 0 aromatic heterocycles. The van der Waals surface area contributed by atoms with Gasteiger partial charge in [0.1, 0.15) is 5.60 Å². The number of hydrogen-bond acceptors (Lipinski definition) is 3. The van der Waals surface area contributed by atoms with Gasteiger partial charge in [0.25, 0.3) is 0 Å². The molecule has 0 unspecified atom stereocenters. The van der Waals surface area contributed by atoms with Crippen molar-refractivity contribution < 1.29 is 19.4 Å². The predicted octanol–water partition coefficient (Wildman–Crippen LogP) is 1.84. The molecule has 86 valence electrons. The van der Waals surface area contributed by atoms with Crippen LogP contribution >= 0.6 is 0 Å². The number of carbonyl (C=O) groups excluding carboxylic acids is 1. The fourth-order valence-corrected chi connectivity index (χ4v) is 1.10. The SMILES string of the molecule is C=CC1(OC(=O)C(=C)C=C(C)C(=O)O)CC1. The number of carboxylic acids is 1. The van der Waals surface area contributed by atoms with Crippen molar-refractivity contribution in [3.8, 4) is 0 Å². The summed E-state index contributed by atoms with van der Waals surface area (Å²) >= 11 is 0. The van der Waals surface area contributed by atoms with Gasteiger partial charge in [-0.2, -0.15) is 0 Å². The second-order valence-electron chi connectivity index (χ2n) is 3.82. The highest BCUT2D eigenvalue weighted by molar-refractivity contribution is 5.95. The molecular formula is C12H14O4. The molecule has 4 heteroatoms. The zero-order chi connectivity index (χ0) is 12.3. The van der Waals surface area contributed by atoms with Crippen molar-refractivity contribution in [1.29, 1.82) is 0 Å². The Morgan fingerprint density at radius 3 is 2.38 bits per heavy atom. The molecule has 0 saturated heterocycles. The highest BCUT2D eigenvalue weighted by atomic mass is 16.6. The average molecular weight is 222 g/mol. The highest BCUT2D eigenvalue weighted by Crippen LogP contribution is 2.41. The Kier molecular flexibility index (Phi) is 3.32. The summed E-state index contributed by atoms with van der Waals surface area (Å²) in [5.74, 6) is -1.68. The molecule has 0 radical (unpaired) electrons. The van der Waals surface area contributed by atoms with Gasteiger partial charge in [-0.1, -0.05) is 13.2 Å². The molecule has 1 rings (SSSR count). The van der Waals surface area contributed by atoms with E-state index in [1.165, 1.54) is 13.0 Å². The Morgan fingerprint density at radius 2 is 2.00 bits per heavy atom. The van der Waals surface area contributed by atoms with Crippen LogP contribution in [0.3, 0.4) is 0 Å². The van der Waals surface area contributed by atoms with Gasteiger partial charge in [0, 0.05) is 5.57 Å². The minimum absolute atomic E-state index is 0.0352. The first kappa shape index (κ1) is 12.2. The number of aliphatic carboxylic acids is 1. The number of esters is 1. The van der Waals surface area contributed by atoms with E-state index in [4.69, 9.17) is 9.84 Å². The fourth-order valence-electron chi connectivity index (χ4n) is 1.10. The third-order valence-electron chi connectivity index (χ3n) is 2.40. The third-order valence-corrected chi connectivity index (χ3v) is 2.40. The summed E-state index contributed by atoms with van der Waals surface area (Å²) < 4.78 is 5.15. The molecule has 0 atom stereocenters. The van der Waals surface area contributed by atoms with Gasteiger partial charge >= 0.3 is 11.9 Å². The largest absolute Gasteiger partial charge is 0.478 e. The van der Waals surface area contributed by atoms with Gasteiger partial charge in [0.15, 0.2) is 0 Å². The minimum atomic E-state index is -1.08. The van der Waals surface area contributed by atoms with Crippen LogP contribution in [0.25, 0.3) is 0 Å². The van der Waals surface area contributed by atoms with Gasteiger partial charge in [-0.25, -0.2) is 9.59 Å². The predicted molar refractivity (Wildman–Crippen MR) is 58.8 cm³/mol. The standard InChI is InChI=1S/C12H14O4/c1-4-12(5-6-12)16-11(15)9(3)7-8(2)10(13)14/h4,7H,1,3,5-6H2,2H3,(H,13,14). The molecule has 0 spiro atoms. The summed E-state index contributed by atoms with van der Waals surface area (Å²) in [6, 6.07) is 0. The van der Waals surface area contributed by atoms with Crippen LogP contribution in [0.15, 0.2) is 36.5 Å². The van der Waals surface area contributed by atoms with Crippen molar-refractivity contribution in [2.24, 2.45) is 0 Å². The molecule has 0 aromatic rings. The molecule has 0 amide bonds. The molecule has 1 aliphatic carbocycles. The normalized spacial score (nSPS) is 17.4. The maximum Gasteiger partial charge on any atom is 0.338 e. The van der Waals surface area contributed by atoms with Crippen molar-refractivity contribution >= 4 is 11.9 Å². The Hall–Kier alpha value is -1.84. The zero-order valence-electron chi connectivity index (χ0n) is 9.16. The van der Waals surface area contributed by atoms with E-state index in [2.05, 4.69) is 13.2 Å². The van der Waals surface area contributed by atoms with Crippen LogP contribution < -0.4 is 0 Å². The summed E-state index contributed by atoms with van der Waals surface area (Å²) in [6.07, 6.45) is 4.31. The van der Waals surface area contributed by atoms with E-state index in [0.717, 1.165) is 12.8 Å². The lowest BCUT2D eigenvalue weighted by atomic mass is 10.2. The first-order chi connectivity index (χ1) is 7.40. The van der Waals surface area contributed by atoms with E-state index in [9.17, 15) is 9.59 Å². The van der Waals surface area contributed by atoms with Crippen LogP contribution in [-0.2, 0) is 14.3 Å². The smallest absolute Gasteiger partial charge is 0.338 e. The number of rotatable bonds is 5. The Bertz CT molecular complexity index is 386.